The van der Waals surface area contributed by atoms with Crippen LogP contribution in [0.1, 0.15) is 11.1 Å². The van der Waals surface area contributed by atoms with Crippen molar-refractivity contribution in [3.05, 3.63) is 58.2 Å². The van der Waals surface area contributed by atoms with Crippen molar-refractivity contribution in [3.8, 4) is 0 Å². The molecular weight excluding hydrogens is 439 g/mol. The summed E-state index contributed by atoms with van der Waals surface area (Å²) in [5.41, 5.74) is 0.296. The Kier molecular flexibility index (Phi) is 6.43. The molecule has 5 nitrogen and oxygen atoms in total. The molecule has 0 spiro atoms. The third kappa shape index (κ3) is 5.37. The molecule has 0 saturated carbocycles. The minimum atomic E-state index is -4.40. The van der Waals surface area contributed by atoms with Gasteiger partial charge in [-0.1, -0.05) is 28.1 Å². The van der Waals surface area contributed by atoms with E-state index < -0.39 is 11.7 Å². The van der Waals surface area contributed by atoms with Crippen molar-refractivity contribution in [2.75, 3.05) is 37.7 Å². The van der Waals surface area contributed by atoms with Gasteiger partial charge in [0.05, 0.1) is 12.2 Å². The van der Waals surface area contributed by atoms with Gasteiger partial charge in [-0.3, -0.25) is 0 Å². The molecule has 9 heteroatoms. The van der Waals surface area contributed by atoms with Gasteiger partial charge >= 0.3 is 12.3 Å². The van der Waals surface area contributed by atoms with Crippen LogP contribution in [0.5, 0.6) is 0 Å². The number of alkyl halides is 3. The van der Waals surface area contributed by atoms with Gasteiger partial charge in [0.1, 0.15) is 5.82 Å². The summed E-state index contributed by atoms with van der Waals surface area (Å²) >= 11 is 3.40. The van der Waals surface area contributed by atoms with E-state index >= 15 is 0 Å². The van der Waals surface area contributed by atoms with Gasteiger partial charge < -0.3 is 14.5 Å². The van der Waals surface area contributed by atoms with Crippen molar-refractivity contribution in [1.82, 2.24) is 9.88 Å². The third-order valence-corrected chi connectivity index (χ3v) is 4.94. The van der Waals surface area contributed by atoms with Gasteiger partial charge in [0.2, 0.25) is 0 Å². The molecule has 1 aliphatic heterocycles. The number of benzene rings is 1. The quantitative estimate of drug-likeness (QED) is 0.683. The van der Waals surface area contributed by atoms with E-state index in [9.17, 15) is 18.0 Å². The molecular formula is C19H19BrF3N3O2. The number of pyridine rings is 1. The van der Waals surface area contributed by atoms with Crippen molar-refractivity contribution in [3.63, 3.8) is 0 Å². The fourth-order valence-corrected chi connectivity index (χ4v) is 3.35. The minimum absolute atomic E-state index is 0.288. The third-order valence-electron chi connectivity index (χ3n) is 4.44. The summed E-state index contributed by atoms with van der Waals surface area (Å²) in [6, 6.07) is 10.2. The lowest BCUT2D eigenvalue weighted by Gasteiger charge is -2.34. The number of hydrogen-bond donors (Lipinski definition) is 0. The van der Waals surface area contributed by atoms with Crippen molar-refractivity contribution >= 4 is 27.8 Å². The maximum atomic E-state index is 12.6. The van der Waals surface area contributed by atoms with Crippen molar-refractivity contribution < 1.29 is 22.7 Å². The van der Waals surface area contributed by atoms with E-state index in [0.29, 0.717) is 38.4 Å². The number of aromatic nitrogens is 1. The van der Waals surface area contributed by atoms with E-state index in [1.165, 1.54) is 6.07 Å². The number of halogens is 4. The molecule has 2 aromatic rings. The maximum Gasteiger partial charge on any atom is 0.417 e. The molecule has 0 radical (unpaired) electrons. The summed E-state index contributed by atoms with van der Waals surface area (Å²) < 4.78 is 44.2. The van der Waals surface area contributed by atoms with Crippen molar-refractivity contribution in [2.24, 2.45) is 0 Å². The fourth-order valence-electron chi connectivity index (χ4n) is 2.90. The zero-order chi connectivity index (χ0) is 20.1. The largest absolute Gasteiger partial charge is 0.449 e. The highest BCUT2D eigenvalue weighted by molar-refractivity contribution is 9.10. The van der Waals surface area contributed by atoms with E-state index in [4.69, 9.17) is 4.74 Å². The van der Waals surface area contributed by atoms with Crippen LogP contribution in [-0.4, -0.2) is 48.8 Å². The van der Waals surface area contributed by atoms with Gasteiger partial charge in [-0.05, 0) is 29.8 Å². The lowest BCUT2D eigenvalue weighted by atomic mass is 10.2. The van der Waals surface area contributed by atoms with Crippen LogP contribution in [-0.2, 0) is 17.3 Å². The Hall–Kier alpha value is -2.29. The molecule has 1 saturated heterocycles. The highest BCUT2D eigenvalue weighted by Crippen LogP contribution is 2.29. The highest BCUT2D eigenvalue weighted by Gasteiger charge is 2.31. The molecule has 0 N–H and O–H groups in total. The molecule has 0 bridgehead atoms. The van der Waals surface area contributed by atoms with E-state index in [1.807, 2.05) is 29.2 Å². The van der Waals surface area contributed by atoms with Crippen LogP contribution in [0, 0.1) is 0 Å². The van der Waals surface area contributed by atoms with Gasteiger partial charge in [0.15, 0.2) is 0 Å². The fraction of sp³-hybridized carbons (Fsp3) is 0.368. The Balaban J connectivity index is 1.45. The standard InChI is InChI=1S/C19H19BrF3N3O2/c20-16-3-1-2-14(12-16)6-11-28-18(27)26-9-7-25(8-10-26)17-5-4-15(13-24-17)19(21,22)23/h1-5,12-13H,6-11H2. The van der Waals surface area contributed by atoms with Crippen LogP contribution in [0.3, 0.4) is 0 Å². The number of ether oxygens (including phenoxy) is 1. The van der Waals surface area contributed by atoms with E-state index in [0.717, 1.165) is 22.3 Å². The van der Waals surface area contributed by atoms with Crippen LogP contribution in [0.25, 0.3) is 0 Å². The van der Waals surface area contributed by atoms with Crippen molar-refractivity contribution in [1.29, 1.82) is 0 Å². The van der Waals surface area contributed by atoms with E-state index in [1.54, 1.807) is 4.90 Å². The second-order valence-corrected chi connectivity index (χ2v) is 7.29. The zero-order valence-corrected chi connectivity index (χ0v) is 16.5. The van der Waals surface area contributed by atoms with Gasteiger partial charge in [0.25, 0.3) is 0 Å². The summed E-state index contributed by atoms with van der Waals surface area (Å²) in [6.07, 6.45) is -3.32. The molecule has 1 aliphatic rings. The molecule has 3 rings (SSSR count). The first-order valence-electron chi connectivity index (χ1n) is 8.77. The second kappa shape index (κ2) is 8.81. The summed E-state index contributed by atoms with van der Waals surface area (Å²) in [6.45, 7) is 2.12. The first-order valence-corrected chi connectivity index (χ1v) is 9.56. The predicted molar refractivity (Wildman–Crippen MR) is 102 cm³/mol. The zero-order valence-electron chi connectivity index (χ0n) is 15.0. The number of carbonyl (C=O) groups excluding carboxylic acids is 1. The average Bonchev–Trinajstić information content (AvgIpc) is 2.67. The normalized spacial score (nSPS) is 14.9. The number of carbonyl (C=O) groups is 1. The minimum Gasteiger partial charge on any atom is -0.449 e. The molecule has 2 heterocycles. The van der Waals surface area contributed by atoms with Crippen molar-refractivity contribution in [2.45, 2.75) is 12.6 Å². The van der Waals surface area contributed by atoms with E-state index in [-0.39, 0.29) is 12.7 Å². The number of nitrogens with zero attached hydrogens (tertiary/aromatic N) is 3. The molecule has 1 aromatic carbocycles. The summed E-state index contributed by atoms with van der Waals surface area (Å²) in [5.74, 6) is 0.468. The Morgan fingerprint density at radius 2 is 1.89 bits per heavy atom. The van der Waals surface area contributed by atoms with Crippen LogP contribution in [0.4, 0.5) is 23.8 Å². The summed E-state index contributed by atoms with van der Waals surface area (Å²) in [5, 5.41) is 0. The van der Waals surface area contributed by atoms with Crippen LogP contribution in [0.15, 0.2) is 47.1 Å². The smallest absolute Gasteiger partial charge is 0.417 e. The number of piperazine rings is 1. The van der Waals surface area contributed by atoms with Crippen LogP contribution >= 0.6 is 15.9 Å². The molecule has 1 fully saturated rings. The van der Waals surface area contributed by atoms with Gasteiger partial charge in [-0.2, -0.15) is 13.2 Å². The Morgan fingerprint density at radius 1 is 1.14 bits per heavy atom. The number of rotatable bonds is 4. The molecule has 150 valence electrons. The maximum absolute atomic E-state index is 12.6. The number of hydrogen-bond acceptors (Lipinski definition) is 4. The molecule has 28 heavy (non-hydrogen) atoms. The highest BCUT2D eigenvalue weighted by atomic mass is 79.9. The van der Waals surface area contributed by atoms with E-state index in [2.05, 4.69) is 20.9 Å². The lowest BCUT2D eigenvalue weighted by Crippen LogP contribution is -2.49. The Morgan fingerprint density at radius 3 is 2.50 bits per heavy atom. The molecule has 0 atom stereocenters. The van der Waals surface area contributed by atoms with Gasteiger partial charge in [-0.15, -0.1) is 0 Å². The Bertz CT molecular complexity index is 807. The molecule has 1 aromatic heterocycles. The molecule has 1 amide bonds. The first kappa shape index (κ1) is 20.4. The lowest BCUT2D eigenvalue weighted by molar-refractivity contribution is -0.137. The summed E-state index contributed by atoms with van der Waals surface area (Å²) in [4.78, 5) is 19.5. The molecule has 0 unspecified atom stereocenters. The second-order valence-electron chi connectivity index (χ2n) is 6.37. The first-order chi connectivity index (χ1) is 13.3. The molecule has 0 aliphatic carbocycles. The average molecular weight is 458 g/mol. The monoisotopic (exact) mass is 457 g/mol. The number of amides is 1. The van der Waals surface area contributed by atoms with Gasteiger partial charge in [-0.25, -0.2) is 9.78 Å². The summed E-state index contributed by atoms with van der Waals surface area (Å²) in [7, 11) is 0. The predicted octanol–water partition coefficient (Wildman–Crippen LogP) is 4.36. The topological polar surface area (TPSA) is 45.7 Å². The van der Waals surface area contributed by atoms with Gasteiger partial charge in [0, 0.05) is 43.3 Å². The Labute approximate surface area is 169 Å². The number of anilines is 1. The van der Waals surface area contributed by atoms with Crippen LogP contribution < -0.4 is 4.90 Å². The van der Waals surface area contributed by atoms with Crippen LogP contribution in [0.2, 0.25) is 0 Å². The SMILES string of the molecule is O=C(OCCc1cccc(Br)c1)N1CCN(c2ccc(C(F)(F)F)cn2)CC1.